The van der Waals surface area contributed by atoms with Crippen LogP contribution in [0.2, 0.25) is 15.1 Å². The van der Waals surface area contributed by atoms with Gasteiger partial charge in [-0.05, 0) is 31.2 Å². The number of hydrogen-bond donors (Lipinski definition) is 1. The van der Waals surface area contributed by atoms with Gasteiger partial charge in [0.05, 0.1) is 11.2 Å². The summed E-state index contributed by atoms with van der Waals surface area (Å²) in [6.07, 6.45) is 0.680. The molecule has 0 aliphatic heterocycles. The molecule has 1 atom stereocenters. The SMILES string of the molecule is CC(Oc1ccc(Cl)cc1Cl)C(=O)NN=Cc1ccccc1Cl. The third kappa shape index (κ3) is 5.13. The van der Waals surface area contributed by atoms with Gasteiger partial charge in [0, 0.05) is 15.6 Å². The van der Waals surface area contributed by atoms with Crippen molar-refractivity contribution in [2.24, 2.45) is 5.10 Å². The summed E-state index contributed by atoms with van der Waals surface area (Å²) >= 11 is 17.8. The first-order valence-electron chi connectivity index (χ1n) is 6.66. The standard InChI is InChI=1S/C16H13Cl3N2O2/c1-10(23-15-7-6-12(17)8-14(15)19)16(22)21-20-9-11-4-2-3-5-13(11)18/h2-10H,1H3,(H,21,22). The normalized spacial score (nSPS) is 12.2. The van der Waals surface area contributed by atoms with E-state index in [-0.39, 0.29) is 0 Å². The van der Waals surface area contributed by atoms with Crippen LogP contribution in [0.25, 0.3) is 0 Å². The Morgan fingerprint density at radius 3 is 2.61 bits per heavy atom. The van der Waals surface area contributed by atoms with Gasteiger partial charge in [-0.2, -0.15) is 5.10 Å². The maximum absolute atomic E-state index is 11.9. The Balaban J connectivity index is 1.94. The summed E-state index contributed by atoms with van der Waals surface area (Å²) < 4.78 is 5.49. The molecule has 0 spiro atoms. The van der Waals surface area contributed by atoms with Gasteiger partial charge in [0.2, 0.25) is 0 Å². The second-order valence-corrected chi connectivity index (χ2v) is 5.84. The van der Waals surface area contributed by atoms with E-state index in [1.54, 1.807) is 37.3 Å². The minimum Gasteiger partial charge on any atom is -0.479 e. The van der Waals surface area contributed by atoms with Gasteiger partial charge >= 0.3 is 0 Å². The van der Waals surface area contributed by atoms with Crippen molar-refractivity contribution >= 4 is 46.9 Å². The number of nitrogens with one attached hydrogen (secondary N) is 1. The Kier molecular flexibility index (Phi) is 6.28. The van der Waals surface area contributed by atoms with Crippen LogP contribution >= 0.6 is 34.8 Å². The highest BCUT2D eigenvalue weighted by Gasteiger charge is 2.15. The zero-order valence-electron chi connectivity index (χ0n) is 12.1. The molecule has 1 N–H and O–H groups in total. The van der Waals surface area contributed by atoms with E-state index in [2.05, 4.69) is 10.5 Å². The molecule has 0 saturated carbocycles. The van der Waals surface area contributed by atoms with Crippen LogP contribution in [0, 0.1) is 0 Å². The molecule has 2 aromatic rings. The van der Waals surface area contributed by atoms with E-state index in [1.807, 2.05) is 12.1 Å². The number of hydrazone groups is 1. The van der Waals surface area contributed by atoms with Crippen LogP contribution in [0.15, 0.2) is 47.6 Å². The fraction of sp³-hybridized carbons (Fsp3) is 0.125. The molecular weight excluding hydrogens is 359 g/mol. The summed E-state index contributed by atoms with van der Waals surface area (Å²) in [7, 11) is 0. The summed E-state index contributed by atoms with van der Waals surface area (Å²) in [5.74, 6) is -0.0480. The zero-order chi connectivity index (χ0) is 16.8. The molecule has 0 heterocycles. The maximum Gasteiger partial charge on any atom is 0.280 e. The Labute approximate surface area is 149 Å². The van der Waals surface area contributed by atoms with Crippen LogP contribution in [0.5, 0.6) is 5.75 Å². The lowest BCUT2D eigenvalue weighted by Gasteiger charge is -2.14. The summed E-state index contributed by atoms with van der Waals surface area (Å²) in [4.78, 5) is 11.9. The quantitative estimate of drug-likeness (QED) is 0.618. The van der Waals surface area contributed by atoms with Crippen LogP contribution in [0.3, 0.4) is 0 Å². The molecule has 2 aromatic carbocycles. The summed E-state index contributed by atoms with van der Waals surface area (Å²) in [6, 6.07) is 11.9. The number of hydrogen-bond acceptors (Lipinski definition) is 3. The van der Waals surface area contributed by atoms with E-state index < -0.39 is 12.0 Å². The minimum atomic E-state index is -0.780. The molecule has 0 fully saturated rings. The number of amides is 1. The fourth-order valence-electron chi connectivity index (χ4n) is 1.65. The average Bonchev–Trinajstić information content (AvgIpc) is 2.51. The lowest BCUT2D eigenvalue weighted by molar-refractivity contribution is -0.127. The monoisotopic (exact) mass is 370 g/mol. The lowest BCUT2D eigenvalue weighted by Crippen LogP contribution is -2.33. The van der Waals surface area contributed by atoms with Gasteiger partial charge in [-0.1, -0.05) is 53.0 Å². The Hall–Kier alpha value is -1.75. The molecule has 2 rings (SSSR count). The average molecular weight is 372 g/mol. The maximum atomic E-state index is 11.9. The van der Waals surface area contributed by atoms with Gasteiger partial charge in [-0.25, -0.2) is 5.43 Å². The minimum absolute atomic E-state index is 0.330. The lowest BCUT2D eigenvalue weighted by atomic mass is 10.2. The molecule has 0 aliphatic rings. The van der Waals surface area contributed by atoms with Gasteiger partial charge in [0.1, 0.15) is 5.75 Å². The second kappa shape index (κ2) is 8.20. The van der Waals surface area contributed by atoms with E-state index in [1.165, 1.54) is 6.21 Å². The largest absolute Gasteiger partial charge is 0.479 e. The van der Waals surface area contributed by atoms with Crippen LogP contribution < -0.4 is 10.2 Å². The molecule has 0 bridgehead atoms. The van der Waals surface area contributed by atoms with E-state index in [0.29, 0.717) is 26.4 Å². The molecule has 120 valence electrons. The van der Waals surface area contributed by atoms with Crippen molar-refractivity contribution < 1.29 is 9.53 Å². The number of carbonyl (C=O) groups excluding carboxylic acids is 1. The van der Waals surface area contributed by atoms with Crippen molar-refractivity contribution in [2.75, 3.05) is 0 Å². The van der Waals surface area contributed by atoms with Gasteiger partial charge in [0.15, 0.2) is 6.10 Å². The van der Waals surface area contributed by atoms with Crippen molar-refractivity contribution in [3.05, 3.63) is 63.1 Å². The van der Waals surface area contributed by atoms with Crippen LogP contribution in [-0.2, 0) is 4.79 Å². The summed E-state index contributed by atoms with van der Waals surface area (Å²) in [5, 5.41) is 5.22. The van der Waals surface area contributed by atoms with E-state index in [9.17, 15) is 4.79 Å². The van der Waals surface area contributed by atoms with Gasteiger partial charge in [0.25, 0.3) is 5.91 Å². The number of rotatable bonds is 5. The topological polar surface area (TPSA) is 50.7 Å². The van der Waals surface area contributed by atoms with Crippen molar-refractivity contribution in [1.29, 1.82) is 0 Å². The molecule has 4 nitrogen and oxygen atoms in total. The molecule has 7 heteroatoms. The van der Waals surface area contributed by atoms with Crippen molar-refractivity contribution in [3.63, 3.8) is 0 Å². The molecular formula is C16H13Cl3N2O2. The fourth-order valence-corrected chi connectivity index (χ4v) is 2.29. The second-order valence-electron chi connectivity index (χ2n) is 4.59. The Morgan fingerprint density at radius 2 is 1.91 bits per heavy atom. The van der Waals surface area contributed by atoms with Crippen molar-refractivity contribution in [1.82, 2.24) is 5.43 Å². The molecule has 23 heavy (non-hydrogen) atoms. The summed E-state index contributed by atoms with van der Waals surface area (Å²) in [6.45, 7) is 1.59. The highest BCUT2D eigenvalue weighted by Crippen LogP contribution is 2.28. The first-order chi connectivity index (χ1) is 11.0. The number of carbonyl (C=O) groups is 1. The predicted molar refractivity (Wildman–Crippen MR) is 93.7 cm³/mol. The zero-order valence-corrected chi connectivity index (χ0v) is 14.4. The van der Waals surface area contributed by atoms with Gasteiger partial charge < -0.3 is 4.74 Å². The third-order valence-corrected chi connectivity index (χ3v) is 3.73. The van der Waals surface area contributed by atoms with Crippen LogP contribution in [0.4, 0.5) is 0 Å². The van der Waals surface area contributed by atoms with Gasteiger partial charge in [-0.3, -0.25) is 4.79 Å². The van der Waals surface area contributed by atoms with E-state index in [0.717, 1.165) is 0 Å². The van der Waals surface area contributed by atoms with Crippen LogP contribution in [-0.4, -0.2) is 18.2 Å². The first kappa shape index (κ1) is 17.6. The van der Waals surface area contributed by atoms with E-state index >= 15 is 0 Å². The number of benzene rings is 2. The third-order valence-electron chi connectivity index (χ3n) is 2.85. The molecule has 0 aromatic heterocycles. The van der Waals surface area contributed by atoms with Crippen molar-refractivity contribution in [3.8, 4) is 5.75 Å². The molecule has 0 radical (unpaired) electrons. The molecule has 0 saturated heterocycles. The molecule has 1 amide bonds. The Bertz CT molecular complexity index is 735. The first-order valence-corrected chi connectivity index (χ1v) is 7.80. The summed E-state index contributed by atoms with van der Waals surface area (Å²) in [5.41, 5.74) is 3.08. The van der Waals surface area contributed by atoms with Crippen molar-refractivity contribution in [2.45, 2.75) is 13.0 Å². The molecule has 1 unspecified atom stereocenters. The Morgan fingerprint density at radius 1 is 1.17 bits per heavy atom. The van der Waals surface area contributed by atoms with E-state index in [4.69, 9.17) is 39.5 Å². The number of nitrogens with zero attached hydrogens (tertiary/aromatic N) is 1. The predicted octanol–water partition coefficient (Wildman–Crippen LogP) is 4.56. The molecule has 0 aliphatic carbocycles. The highest BCUT2D eigenvalue weighted by atomic mass is 35.5. The number of ether oxygens (including phenoxy) is 1. The smallest absolute Gasteiger partial charge is 0.280 e. The van der Waals surface area contributed by atoms with Gasteiger partial charge in [-0.15, -0.1) is 0 Å². The highest BCUT2D eigenvalue weighted by molar-refractivity contribution is 6.35. The van der Waals surface area contributed by atoms with Crippen LogP contribution in [0.1, 0.15) is 12.5 Å². The number of halogens is 3.